The molecular weight excluding hydrogens is 236 g/mol. The molecule has 0 fully saturated rings. The number of nitrogens with one attached hydrogen (secondary N) is 2. The average Bonchev–Trinajstić information content (AvgIpc) is 2.28. The maximum Gasteiger partial charge on any atom is 0.237 e. The van der Waals surface area contributed by atoms with Crippen LogP contribution in [-0.2, 0) is 11.3 Å². The molecular formula is C13H21ClN2O. The molecule has 0 spiro atoms. The Morgan fingerprint density at radius 3 is 2.29 bits per heavy atom. The number of likely N-dealkylation sites (N-methyl/N-ethyl adjacent to an activating group) is 1. The van der Waals surface area contributed by atoms with Crippen LogP contribution < -0.4 is 10.6 Å². The Balaban J connectivity index is 0.00000256. The standard InChI is InChI=1S/C13H20N2O.ClH/c1-10(2)12(14-3)13(16)15-9-11-7-5-4-6-8-11;/h4-8,10,12,14H,9H2,1-3H3,(H,15,16);1H/t12-;/m1./s1. The molecule has 0 aliphatic heterocycles. The molecule has 1 aromatic carbocycles. The Morgan fingerprint density at radius 1 is 1.24 bits per heavy atom. The fraction of sp³-hybridized carbons (Fsp3) is 0.462. The molecule has 0 aromatic heterocycles. The summed E-state index contributed by atoms with van der Waals surface area (Å²) >= 11 is 0. The second kappa shape index (κ2) is 8.09. The van der Waals surface area contributed by atoms with Gasteiger partial charge in [-0.1, -0.05) is 44.2 Å². The van der Waals surface area contributed by atoms with Crippen molar-refractivity contribution in [2.75, 3.05) is 7.05 Å². The second-order valence-electron chi connectivity index (χ2n) is 4.21. The van der Waals surface area contributed by atoms with E-state index in [4.69, 9.17) is 0 Å². The summed E-state index contributed by atoms with van der Waals surface area (Å²) in [5.41, 5.74) is 1.12. The first-order valence-corrected chi connectivity index (χ1v) is 5.64. The van der Waals surface area contributed by atoms with Crippen molar-refractivity contribution in [3.05, 3.63) is 35.9 Å². The quantitative estimate of drug-likeness (QED) is 0.846. The van der Waals surface area contributed by atoms with Crippen molar-refractivity contribution in [3.63, 3.8) is 0 Å². The van der Waals surface area contributed by atoms with Crippen LogP contribution in [0.2, 0.25) is 0 Å². The third-order valence-electron chi connectivity index (χ3n) is 2.57. The Bertz CT molecular complexity index is 327. The number of rotatable bonds is 5. The van der Waals surface area contributed by atoms with E-state index < -0.39 is 0 Å². The van der Waals surface area contributed by atoms with Gasteiger partial charge in [-0.3, -0.25) is 4.79 Å². The summed E-state index contributed by atoms with van der Waals surface area (Å²) in [6.45, 7) is 4.65. The molecule has 0 saturated heterocycles. The van der Waals surface area contributed by atoms with E-state index in [0.717, 1.165) is 5.56 Å². The molecule has 0 aliphatic carbocycles. The van der Waals surface area contributed by atoms with Gasteiger partial charge < -0.3 is 10.6 Å². The number of amides is 1. The fourth-order valence-corrected chi connectivity index (χ4v) is 1.66. The maximum absolute atomic E-state index is 11.8. The Hall–Kier alpha value is -1.06. The van der Waals surface area contributed by atoms with Gasteiger partial charge in [-0.15, -0.1) is 12.4 Å². The SMILES string of the molecule is CN[C@@H](C(=O)NCc1ccccc1)C(C)C.Cl. The zero-order valence-electron chi connectivity index (χ0n) is 10.6. The lowest BCUT2D eigenvalue weighted by Crippen LogP contribution is -2.45. The van der Waals surface area contributed by atoms with E-state index in [-0.39, 0.29) is 24.4 Å². The van der Waals surface area contributed by atoms with Gasteiger partial charge in [0.25, 0.3) is 0 Å². The zero-order chi connectivity index (χ0) is 12.0. The monoisotopic (exact) mass is 256 g/mol. The van der Waals surface area contributed by atoms with Gasteiger partial charge in [0.05, 0.1) is 6.04 Å². The molecule has 0 saturated carbocycles. The Morgan fingerprint density at radius 2 is 1.82 bits per heavy atom. The van der Waals surface area contributed by atoms with Crippen LogP contribution in [0.5, 0.6) is 0 Å². The topological polar surface area (TPSA) is 41.1 Å². The van der Waals surface area contributed by atoms with Crippen molar-refractivity contribution in [1.29, 1.82) is 0 Å². The van der Waals surface area contributed by atoms with Crippen LogP contribution >= 0.6 is 12.4 Å². The van der Waals surface area contributed by atoms with Gasteiger partial charge in [-0.05, 0) is 18.5 Å². The Kier molecular flexibility index (Phi) is 7.59. The minimum Gasteiger partial charge on any atom is -0.351 e. The summed E-state index contributed by atoms with van der Waals surface area (Å²) in [7, 11) is 1.81. The largest absolute Gasteiger partial charge is 0.351 e. The normalized spacial score (nSPS) is 11.8. The molecule has 0 bridgehead atoms. The van der Waals surface area contributed by atoms with Crippen molar-refractivity contribution in [2.24, 2.45) is 5.92 Å². The molecule has 17 heavy (non-hydrogen) atoms. The van der Waals surface area contributed by atoms with E-state index in [1.54, 1.807) is 0 Å². The van der Waals surface area contributed by atoms with Gasteiger partial charge in [-0.2, -0.15) is 0 Å². The molecule has 0 unspecified atom stereocenters. The van der Waals surface area contributed by atoms with Crippen LogP contribution in [0.1, 0.15) is 19.4 Å². The van der Waals surface area contributed by atoms with E-state index >= 15 is 0 Å². The van der Waals surface area contributed by atoms with Gasteiger partial charge in [-0.25, -0.2) is 0 Å². The van der Waals surface area contributed by atoms with E-state index in [9.17, 15) is 4.79 Å². The molecule has 96 valence electrons. The zero-order valence-corrected chi connectivity index (χ0v) is 11.4. The highest BCUT2D eigenvalue weighted by molar-refractivity contribution is 5.85. The third kappa shape index (κ3) is 5.20. The number of carbonyl (C=O) groups is 1. The van der Waals surface area contributed by atoms with Crippen molar-refractivity contribution in [3.8, 4) is 0 Å². The summed E-state index contributed by atoms with van der Waals surface area (Å²) in [6.07, 6.45) is 0. The van der Waals surface area contributed by atoms with Crippen LogP contribution in [0.15, 0.2) is 30.3 Å². The first-order valence-electron chi connectivity index (χ1n) is 5.64. The van der Waals surface area contributed by atoms with Crippen LogP contribution in [0.4, 0.5) is 0 Å². The number of hydrogen-bond acceptors (Lipinski definition) is 2. The fourth-order valence-electron chi connectivity index (χ4n) is 1.66. The highest BCUT2D eigenvalue weighted by Crippen LogP contribution is 2.02. The van der Waals surface area contributed by atoms with Gasteiger partial charge in [0, 0.05) is 6.54 Å². The number of hydrogen-bond donors (Lipinski definition) is 2. The third-order valence-corrected chi connectivity index (χ3v) is 2.57. The molecule has 1 amide bonds. The predicted octanol–water partition coefficient (Wildman–Crippen LogP) is 1.97. The molecule has 1 rings (SSSR count). The van der Waals surface area contributed by atoms with Gasteiger partial charge >= 0.3 is 0 Å². The Labute approximate surface area is 109 Å². The van der Waals surface area contributed by atoms with Gasteiger partial charge in [0.15, 0.2) is 0 Å². The molecule has 2 N–H and O–H groups in total. The van der Waals surface area contributed by atoms with Crippen molar-refractivity contribution in [2.45, 2.75) is 26.4 Å². The summed E-state index contributed by atoms with van der Waals surface area (Å²) in [5.74, 6) is 0.349. The smallest absolute Gasteiger partial charge is 0.237 e. The molecule has 4 heteroatoms. The summed E-state index contributed by atoms with van der Waals surface area (Å²) in [5, 5.41) is 5.96. The van der Waals surface area contributed by atoms with Crippen molar-refractivity contribution < 1.29 is 4.79 Å². The minimum atomic E-state index is -0.122. The van der Waals surface area contributed by atoms with Gasteiger partial charge in [0.1, 0.15) is 0 Å². The molecule has 1 aromatic rings. The van der Waals surface area contributed by atoms with E-state index in [2.05, 4.69) is 10.6 Å². The molecule has 3 nitrogen and oxygen atoms in total. The van der Waals surface area contributed by atoms with Crippen molar-refractivity contribution in [1.82, 2.24) is 10.6 Å². The predicted molar refractivity (Wildman–Crippen MR) is 73.2 cm³/mol. The maximum atomic E-state index is 11.8. The molecule has 0 heterocycles. The lowest BCUT2D eigenvalue weighted by atomic mass is 10.0. The molecule has 0 radical (unpaired) electrons. The van der Waals surface area contributed by atoms with Crippen LogP contribution in [0.25, 0.3) is 0 Å². The van der Waals surface area contributed by atoms with Crippen LogP contribution in [0.3, 0.4) is 0 Å². The number of carbonyl (C=O) groups excluding carboxylic acids is 1. The van der Waals surface area contributed by atoms with E-state index in [1.165, 1.54) is 0 Å². The minimum absolute atomic E-state index is 0. The lowest BCUT2D eigenvalue weighted by Gasteiger charge is -2.19. The number of benzene rings is 1. The first kappa shape index (κ1) is 15.9. The van der Waals surface area contributed by atoms with Crippen LogP contribution in [-0.4, -0.2) is 19.0 Å². The van der Waals surface area contributed by atoms with Crippen molar-refractivity contribution >= 4 is 18.3 Å². The van der Waals surface area contributed by atoms with Gasteiger partial charge in [0.2, 0.25) is 5.91 Å². The number of halogens is 1. The highest BCUT2D eigenvalue weighted by atomic mass is 35.5. The van der Waals surface area contributed by atoms with E-state index in [1.807, 2.05) is 51.2 Å². The highest BCUT2D eigenvalue weighted by Gasteiger charge is 2.19. The summed E-state index contributed by atoms with van der Waals surface area (Å²) in [4.78, 5) is 11.8. The lowest BCUT2D eigenvalue weighted by molar-refractivity contribution is -0.124. The first-order chi connectivity index (χ1) is 7.65. The molecule has 1 atom stereocenters. The molecule has 0 aliphatic rings. The summed E-state index contributed by atoms with van der Waals surface area (Å²) in [6, 6.07) is 9.80. The summed E-state index contributed by atoms with van der Waals surface area (Å²) < 4.78 is 0. The van der Waals surface area contributed by atoms with Crippen LogP contribution in [0, 0.1) is 5.92 Å². The second-order valence-corrected chi connectivity index (χ2v) is 4.21. The average molecular weight is 257 g/mol. The van der Waals surface area contributed by atoms with E-state index in [0.29, 0.717) is 12.5 Å².